The fourth-order valence-electron chi connectivity index (χ4n) is 4.24. The third-order valence-corrected chi connectivity index (χ3v) is 7.77. The molecule has 2 aliphatic rings. The topological polar surface area (TPSA) is 91.4 Å². The first-order chi connectivity index (χ1) is 14.7. The molecule has 2 aliphatic heterocycles. The van der Waals surface area contributed by atoms with Gasteiger partial charge in [-0.25, -0.2) is 4.98 Å². The number of benzene rings is 1. The number of carbonyl (C=O) groups excluding carboxylic acids is 3. The molecule has 0 spiro atoms. The van der Waals surface area contributed by atoms with Crippen LogP contribution in [0.5, 0.6) is 0 Å². The Morgan fingerprint density at radius 1 is 1.26 bits per heavy atom. The van der Waals surface area contributed by atoms with Crippen LogP contribution < -0.4 is 10.6 Å². The van der Waals surface area contributed by atoms with E-state index in [9.17, 15) is 14.4 Å². The molecule has 1 fully saturated rings. The van der Waals surface area contributed by atoms with Gasteiger partial charge in [0.15, 0.2) is 5.13 Å². The van der Waals surface area contributed by atoms with Crippen molar-refractivity contribution in [1.29, 1.82) is 0 Å². The fraction of sp³-hybridized carbons (Fsp3) is 0.455. The highest BCUT2D eigenvalue weighted by atomic mass is 32.2. The van der Waals surface area contributed by atoms with Crippen molar-refractivity contribution in [1.82, 2.24) is 15.2 Å². The number of nitrogens with zero attached hydrogens (tertiary/aromatic N) is 2. The predicted molar refractivity (Wildman–Crippen MR) is 123 cm³/mol. The molecule has 1 aromatic carbocycles. The summed E-state index contributed by atoms with van der Waals surface area (Å²) < 4.78 is -0.494. The van der Waals surface area contributed by atoms with Crippen LogP contribution in [0.25, 0.3) is 0 Å². The minimum absolute atomic E-state index is 0.133. The third-order valence-electron chi connectivity index (χ3n) is 5.55. The van der Waals surface area contributed by atoms with Gasteiger partial charge in [-0.05, 0) is 37.8 Å². The molecule has 164 valence electrons. The zero-order valence-corrected chi connectivity index (χ0v) is 19.5. The van der Waals surface area contributed by atoms with E-state index in [1.807, 2.05) is 52.0 Å². The van der Waals surface area contributed by atoms with Crippen LogP contribution in [0.2, 0.25) is 0 Å². The Labute approximate surface area is 190 Å². The number of amides is 3. The summed E-state index contributed by atoms with van der Waals surface area (Å²) in [7, 11) is 0. The molecule has 9 heteroatoms. The summed E-state index contributed by atoms with van der Waals surface area (Å²) in [5.41, 5.74) is 1.59. The first kappa shape index (κ1) is 21.8. The van der Waals surface area contributed by atoms with E-state index in [1.54, 1.807) is 28.2 Å². The number of aromatic nitrogens is 1. The van der Waals surface area contributed by atoms with E-state index in [4.69, 9.17) is 0 Å². The van der Waals surface area contributed by atoms with Crippen molar-refractivity contribution in [3.63, 3.8) is 0 Å². The number of nitrogens with one attached hydrogen (secondary N) is 2. The van der Waals surface area contributed by atoms with Gasteiger partial charge in [-0.15, -0.1) is 23.1 Å². The van der Waals surface area contributed by atoms with E-state index < -0.39 is 16.8 Å². The van der Waals surface area contributed by atoms with Gasteiger partial charge in [0.2, 0.25) is 11.8 Å². The molecule has 0 radical (unpaired) electrons. The molecule has 4 rings (SSSR count). The standard InChI is InChI=1S/C22H26N4O3S2/c1-12(2)11-15(17(27)25-21-23-9-10-30-21)24-18(28)16-22(3,4)31-20-14-8-6-5-7-13(14)19(29)26(16)20/h5-10,12,15-16,20H,11H2,1-4H3,(H,24,28)(H,23,25,27). The van der Waals surface area contributed by atoms with Gasteiger partial charge < -0.3 is 15.5 Å². The van der Waals surface area contributed by atoms with E-state index in [2.05, 4.69) is 15.6 Å². The van der Waals surface area contributed by atoms with Crippen molar-refractivity contribution in [3.05, 3.63) is 47.0 Å². The average molecular weight is 459 g/mol. The lowest BCUT2D eigenvalue weighted by atomic mass is 9.98. The highest BCUT2D eigenvalue weighted by Gasteiger charge is 2.57. The molecule has 2 N–H and O–H groups in total. The molecule has 3 unspecified atom stereocenters. The van der Waals surface area contributed by atoms with Crippen LogP contribution in [0.15, 0.2) is 35.8 Å². The molecular formula is C22H26N4O3S2. The second-order valence-electron chi connectivity index (χ2n) is 8.79. The van der Waals surface area contributed by atoms with Crippen molar-refractivity contribution in [2.75, 3.05) is 5.32 Å². The molecule has 0 aliphatic carbocycles. The number of anilines is 1. The number of thioether (sulfide) groups is 1. The largest absolute Gasteiger partial charge is 0.342 e. The number of thiazole rings is 1. The molecule has 31 heavy (non-hydrogen) atoms. The summed E-state index contributed by atoms with van der Waals surface area (Å²) in [4.78, 5) is 45.3. The Morgan fingerprint density at radius 3 is 2.68 bits per heavy atom. The highest BCUT2D eigenvalue weighted by Crippen LogP contribution is 2.56. The zero-order chi connectivity index (χ0) is 22.3. The summed E-state index contributed by atoms with van der Waals surface area (Å²) in [6, 6.07) is 6.12. The van der Waals surface area contributed by atoms with Crippen LogP contribution in [0.1, 0.15) is 55.4 Å². The Kier molecular flexibility index (Phi) is 5.83. The maximum absolute atomic E-state index is 13.5. The number of hydrogen-bond donors (Lipinski definition) is 2. The Bertz CT molecular complexity index is 1010. The lowest BCUT2D eigenvalue weighted by Crippen LogP contribution is -2.56. The third kappa shape index (κ3) is 4.08. The summed E-state index contributed by atoms with van der Waals surface area (Å²) in [6.45, 7) is 7.95. The molecule has 0 saturated carbocycles. The quantitative estimate of drug-likeness (QED) is 0.689. The van der Waals surface area contributed by atoms with Crippen LogP contribution in [0.3, 0.4) is 0 Å². The smallest absolute Gasteiger partial charge is 0.256 e. The zero-order valence-electron chi connectivity index (χ0n) is 17.9. The number of hydrogen-bond acceptors (Lipinski definition) is 6. The van der Waals surface area contributed by atoms with E-state index in [1.165, 1.54) is 11.3 Å². The fourth-order valence-corrected chi connectivity index (χ4v) is 6.36. The van der Waals surface area contributed by atoms with E-state index in [0.29, 0.717) is 17.1 Å². The van der Waals surface area contributed by atoms with Crippen LogP contribution in [-0.2, 0) is 9.59 Å². The molecule has 3 amide bonds. The Balaban J connectivity index is 1.56. The lowest BCUT2D eigenvalue weighted by molar-refractivity contribution is -0.130. The molecular weight excluding hydrogens is 432 g/mol. The van der Waals surface area contributed by atoms with E-state index >= 15 is 0 Å². The Hall–Kier alpha value is -2.39. The van der Waals surface area contributed by atoms with Crippen LogP contribution in [0, 0.1) is 5.92 Å². The second kappa shape index (κ2) is 8.27. The van der Waals surface area contributed by atoms with Crippen molar-refractivity contribution in [2.45, 2.75) is 56.3 Å². The van der Waals surface area contributed by atoms with E-state index in [-0.39, 0.29) is 29.0 Å². The molecule has 2 aromatic rings. The van der Waals surface area contributed by atoms with Gasteiger partial charge in [0.1, 0.15) is 17.5 Å². The van der Waals surface area contributed by atoms with Crippen molar-refractivity contribution in [3.8, 4) is 0 Å². The minimum Gasteiger partial charge on any atom is -0.342 e. The van der Waals surface area contributed by atoms with Crippen LogP contribution in [-0.4, -0.2) is 44.4 Å². The lowest BCUT2D eigenvalue weighted by Gasteiger charge is -2.31. The van der Waals surface area contributed by atoms with Crippen molar-refractivity contribution in [2.24, 2.45) is 5.92 Å². The van der Waals surface area contributed by atoms with E-state index in [0.717, 1.165) is 5.56 Å². The van der Waals surface area contributed by atoms with Crippen LogP contribution in [0.4, 0.5) is 5.13 Å². The maximum Gasteiger partial charge on any atom is 0.256 e. The van der Waals surface area contributed by atoms with Crippen molar-refractivity contribution >= 4 is 46.0 Å². The maximum atomic E-state index is 13.5. The molecule has 0 bridgehead atoms. The molecule has 3 atom stereocenters. The van der Waals surface area contributed by atoms with Gasteiger partial charge >= 0.3 is 0 Å². The molecule has 1 aromatic heterocycles. The van der Waals surface area contributed by atoms with Gasteiger partial charge in [0.05, 0.1) is 0 Å². The number of rotatable bonds is 6. The minimum atomic E-state index is -0.712. The second-order valence-corrected chi connectivity index (χ2v) is 11.4. The van der Waals surface area contributed by atoms with Gasteiger partial charge in [0, 0.05) is 21.9 Å². The number of fused-ring (bicyclic) bond motifs is 3. The first-order valence-electron chi connectivity index (χ1n) is 10.3. The summed E-state index contributed by atoms with van der Waals surface area (Å²) in [5, 5.41) is 7.80. The Morgan fingerprint density at radius 2 is 2.00 bits per heavy atom. The summed E-state index contributed by atoms with van der Waals surface area (Å²) >= 11 is 2.94. The number of carbonyl (C=O) groups is 3. The van der Waals surface area contributed by atoms with Crippen LogP contribution >= 0.6 is 23.1 Å². The monoisotopic (exact) mass is 458 g/mol. The molecule has 3 heterocycles. The van der Waals surface area contributed by atoms with Gasteiger partial charge in [0.25, 0.3) is 5.91 Å². The summed E-state index contributed by atoms with van der Waals surface area (Å²) in [5.74, 6) is -0.538. The molecule has 7 nitrogen and oxygen atoms in total. The normalized spacial score (nSPS) is 22.2. The van der Waals surface area contributed by atoms with Crippen molar-refractivity contribution < 1.29 is 14.4 Å². The summed E-state index contributed by atoms with van der Waals surface area (Å²) in [6.07, 6.45) is 2.10. The van der Waals surface area contributed by atoms with Gasteiger partial charge in [-0.3, -0.25) is 14.4 Å². The highest BCUT2D eigenvalue weighted by molar-refractivity contribution is 8.01. The molecule has 1 saturated heterocycles. The van der Waals surface area contributed by atoms with Gasteiger partial charge in [-0.2, -0.15) is 0 Å². The van der Waals surface area contributed by atoms with Gasteiger partial charge in [-0.1, -0.05) is 32.0 Å². The first-order valence-corrected chi connectivity index (χ1v) is 12.0. The SMILES string of the molecule is CC(C)CC(NC(=O)C1N2C(=O)c3ccccc3C2SC1(C)C)C(=O)Nc1nccs1. The predicted octanol–water partition coefficient (Wildman–Crippen LogP) is 3.66. The average Bonchev–Trinajstić information content (AvgIpc) is 3.37.